The smallest absolute Gasteiger partial charge is 0.162 e. The molecule has 0 unspecified atom stereocenters. The van der Waals surface area contributed by atoms with E-state index in [4.69, 9.17) is 9.26 Å². The summed E-state index contributed by atoms with van der Waals surface area (Å²) in [7, 11) is 0. The standard InChI is InChI=1S/C13H22N2O2/c1-2-6-14-9-12-8-13(17-15-12)10-16-7-5-11-3-4-11/h8,11,14H,2-7,9-10H2,1H3. The van der Waals surface area contributed by atoms with Crippen LogP contribution in [0.4, 0.5) is 0 Å². The average molecular weight is 238 g/mol. The number of hydrogen-bond donors (Lipinski definition) is 1. The molecule has 0 spiro atoms. The molecule has 0 radical (unpaired) electrons. The summed E-state index contributed by atoms with van der Waals surface area (Å²) in [5.74, 6) is 1.76. The lowest BCUT2D eigenvalue weighted by Gasteiger charge is -1.99. The van der Waals surface area contributed by atoms with Gasteiger partial charge in [-0.05, 0) is 25.3 Å². The first-order valence-corrected chi connectivity index (χ1v) is 6.61. The van der Waals surface area contributed by atoms with Gasteiger partial charge in [0.2, 0.25) is 0 Å². The fourth-order valence-electron chi connectivity index (χ4n) is 1.73. The van der Waals surface area contributed by atoms with E-state index in [-0.39, 0.29) is 0 Å². The fourth-order valence-corrected chi connectivity index (χ4v) is 1.73. The lowest BCUT2D eigenvalue weighted by Crippen LogP contribution is -2.13. The van der Waals surface area contributed by atoms with E-state index in [0.717, 1.165) is 43.5 Å². The van der Waals surface area contributed by atoms with Crippen molar-refractivity contribution in [2.45, 2.75) is 45.8 Å². The summed E-state index contributed by atoms with van der Waals surface area (Å²) in [6, 6.07) is 1.97. The van der Waals surface area contributed by atoms with Crippen molar-refractivity contribution in [3.8, 4) is 0 Å². The number of rotatable bonds is 9. The van der Waals surface area contributed by atoms with Gasteiger partial charge in [-0.15, -0.1) is 0 Å². The third kappa shape index (κ3) is 4.88. The van der Waals surface area contributed by atoms with E-state index in [0.29, 0.717) is 6.61 Å². The van der Waals surface area contributed by atoms with Crippen LogP contribution in [0.5, 0.6) is 0 Å². The Balaban J connectivity index is 1.59. The van der Waals surface area contributed by atoms with E-state index in [1.54, 1.807) is 0 Å². The maximum absolute atomic E-state index is 5.56. The molecule has 0 aliphatic heterocycles. The topological polar surface area (TPSA) is 47.3 Å². The van der Waals surface area contributed by atoms with E-state index < -0.39 is 0 Å². The minimum Gasteiger partial charge on any atom is -0.373 e. The van der Waals surface area contributed by atoms with Gasteiger partial charge >= 0.3 is 0 Å². The Morgan fingerprint density at radius 2 is 2.41 bits per heavy atom. The largest absolute Gasteiger partial charge is 0.373 e. The predicted octanol–water partition coefficient (Wildman–Crippen LogP) is 2.49. The zero-order chi connectivity index (χ0) is 11.9. The Morgan fingerprint density at radius 1 is 1.53 bits per heavy atom. The Labute approximate surface area is 103 Å². The van der Waals surface area contributed by atoms with Crippen molar-refractivity contribution in [1.29, 1.82) is 0 Å². The highest BCUT2D eigenvalue weighted by atomic mass is 16.5. The molecule has 1 fully saturated rings. The molecule has 0 saturated heterocycles. The van der Waals surface area contributed by atoms with Gasteiger partial charge < -0.3 is 14.6 Å². The molecule has 0 aromatic carbocycles. The molecule has 1 aromatic heterocycles. The third-order valence-electron chi connectivity index (χ3n) is 2.95. The van der Waals surface area contributed by atoms with Crippen molar-refractivity contribution in [2.24, 2.45) is 5.92 Å². The highest BCUT2D eigenvalue weighted by molar-refractivity contribution is 5.04. The Hall–Kier alpha value is -0.870. The SMILES string of the molecule is CCCNCc1cc(COCCC2CC2)on1. The Kier molecular flexibility index (Phi) is 5.01. The monoisotopic (exact) mass is 238 g/mol. The highest BCUT2D eigenvalue weighted by Gasteiger charge is 2.20. The molecule has 96 valence electrons. The lowest BCUT2D eigenvalue weighted by molar-refractivity contribution is 0.0961. The maximum atomic E-state index is 5.56. The third-order valence-corrected chi connectivity index (χ3v) is 2.95. The molecule has 1 N–H and O–H groups in total. The van der Waals surface area contributed by atoms with Crippen LogP contribution in [0.25, 0.3) is 0 Å². The van der Waals surface area contributed by atoms with Gasteiger partial charge in [0.05, 0.1) is 5.69 Å². The summed E-state index contributed by atoms with van der Waals surface area (Å²) in [4.78, 5) is 0. The van der Waals surface area contributed by atoms with Crippen LogP contribution in [-0.2, 0) is 17.9 Å². The maximum Gasteiger partial charge on any atom is 0.162 e. The summed E-state index contributed by atoms with van der Waals surface area (Å²) >= 11 is 0. The summed E-state index contributed by atoms with van der Waals surface area (Å²) in [5, 5.41) is 7.29. The van der Waals surface area contributed by atoms with Gasteiger partial charge in [0.1, 0.15) is 6.61 Å². The number of aromatic nitrogens is 1. The van der Waals surface area contributed by atoms with E-state index in [2.05, 4.69) is 17.4 Å². The first-order chi connectivity index (χ1) is 8.38. The minimum atomic E-state index is 0.549. The first kappa shape index (κ1) is 12.6. The molecule has 4 heteroatoms. The van der Waals surface area contributed by atoms with Crippen LogP contribution < -0.4 is 5.32 Å². The van der Waals surface area contributed by atoms with Crippen LogP contribution in [0.2, 0.25) is 0 Å². The summed E-state index contributed by atoms with van der Waals surface area (Å²) in [6.07, 6.45) is 5.10. The normalized spacial score (nSPS) is 15.4. The van der Waals surface area contributed by atoms with Gasteiger partial charge in [-0.1, -0.05) is 24.9 Å². The first-order valence-electron chi connectivity index (χ1n) is 6.61. The van der Waals surface area contributed by atoms with E-state index in [1.807, 2.05) is 6.07 Å². The number of ether oxygens (including phenoxy) is 1. The molecule has 0 amide bonds. The molecule has 1 aliphatic rings. The minimum absolute atomic E-state index is 0.549. The predicted molar refractivity (Wildman–Crippen MR) is 65.5 cm³/mol. The molecule has 0 bridgehead atoms. The molecule has 1 aromatic rings. The van der Waals surface area contributed by atoms with Crippen LogP contribution in [0.1, 0.15) is 44.1 Å². The van der Waals surface area contributed by atoms with Crippen molar-refractivity contribution in [3.05, 3.63) is 17.5 Å². The second-order valence-electron chi connectivity index (χ2n) is 4.75. The molecule has 1 saturated carbocycles. The molecule has 0 atom stereocenters. The van der Waals surface area contributed by atoms with Crippen molar-refractivity contribution in [1.82, 2.24) is 10.5 Å². The van der Waals surface area contributed by atoms with Crippen LogP contribution in [0.15, 0.2) is 10.6 Å². The van der Waals surface area contributed by atoms with E-state index in [1.165, 1.54) is 19.3 Å². The molecule has 17 heavy (non-hydrogen) atoms. The lowest BCUT2D eigenvalue weighted by atomic mass is 10.3. The van der Waals surface area contributed by atoms with Crippen molar-refractivity contribution in [2.75, 3.05) is 13.2 Å². The van der Waals surface area contributed by atoms with Crippen LogP contribution >= 0.6 is 0 Å². The summed E-state index contributed by atoms with van der Waals surface area (Å²) < 4.78 is 10.8. The second kappa shape index (κ2) is 6.77. The van der Waals surface area contributed by atoms with Crippen molar-refractivity contribution < 1.29 is 9.26 Å². The zero-order valence-electron chi connectivity index (χ0n) is 10.6. The second-order valence-corrected chi connectivity index (χ2v) is 4.75. The molecule has 1 heterocycles. The summed E-state index contributed by atoms with van der Waals surface area (Å²) in [5.41, 5.74) is 0.958. The van der Waals surface area contributed by atoms with Crippen LogP contribution in [0.3, 0.4) is 0 Å². The number of nitrogens with zero attached hydrogens (tertiary/aromatic N) is 1. The van der Waals surface area contributed by atoms with E-state index in [9.17, 15) is 0 Å². The van der Waals surface area contributed by atoms with Crippen LogP contribution in [-0.4, -0.2) is 18.3 Å². The van der Waals surface area contributed by atoms with Crippen molar-refractivity contribution in [3.63, 3.8) is 0 Å². The average Bonchev–Trinajstić information content (AvgIpc) is 3.05. The van der Waals surface area contributed by atoms with Gasteiger partial charge in [-0.2, -0.15) is 0 Å². The molecule has 2 rings (SSSR count). The Bertz CT molecular complexity index is 321. The molecule has 4 nitrogen and oxygen atoms in total. The van der Waals surface area contributed by atoms with Gasteiger partial charge in [0.25, 0.3) is 0 Å². The van der Waals surface area contributed by atoms with E-state index >= 15 is 0 Å². The fraction of sp³-hybridized carbons (Fsp3) is 0.769. The zero-order valence-corrected chi connectivity index (χ0v) is 10.6. The van der Waals surface area contributed by atoms with Gasteiger partial charge in [-0.3, -0.25) is 0 Å². The molecular formula is C13H22N2O2. The number of hydrogen-bond acceptors (Lipinski definition) is 4. The molecular weight excluding hydrogens is 216 g/mol. The van der Waals surface area contributed by atoms with Gasteiger partial charge in [-0.25, -0.2) is 0 Å². The molecule has 1 aliphatic carbocycles. The Morgan fingerprint density at radius 3 is 3.18 bits per heavy atom. The quantitative estimate of drug-likeness (QED) is 0.671. The van der Waals surface area contributed by atoms with Crippen LogP contribution in [0, 0.1) is 5.92 Å². The summed E-state index contributed by atoms with van der Waals surface area (Å²) in [6.45, 7) is 5.33. The number of nitrogens with one attached hydrogen (secondary N) is 1. The van der Waals surface area contributed by atoms with Gasteiger partial charge in [0, 0.05) is 19.2 Å². The van der Waals surface area contributed by atoms with Crippen molar-refractivity contribution >= 4 is 0 Å². The van der Waals surface area contributed by atoms with Gasteiger partial charge in [0.15, 0.2) is 5.76 Å². The highest BCUT2D eigenvalue weighted by Crippen LogP contribution is 2.32.